The summed E-state index contributed by atoms with van der Waals surface area (Å²) in [6.45, 7) is 0. The van der Waals surface area contributed by atoms with Crippen molar-refractivity contribution in [2.75, 3.05) is 0 Å². The third kappa shape index (κ3) is 2.81. The van der Waals surface area contributed by atoms with Crippen molar-refractivity contribution in [2.24, 2.45) is 0 Å². The van der Waals surface area contributed by atoms with E-state index in [4.69, 9.17) is 4.98 Å². The lowest BCUT2D eigenvalue weighted by molar-refractivity contribution is 0.0697. The molecule has 1 aliphatic rings. The molecule has 4 aromatic rings. The second-order valence-electron chi connectivity index (χ2n) is 7.38. The van der Waals surface area contributed by atoms with Crippen molar-refractivity contribution >= 4 is 28.0 Å². The summed E-state index contributed by atoms with van der Waals surface area (Å²) in [5.74, 6) is -0.0863. The number of aromatic nitrogens is 4. The number of aromatic carboxylic acids is 1. The Hall–Kier alpha value is -3.28. The van der Waals surface area contributed by atoms with Crippen LogP contribution in [0.2, 0.25) is 0 Å². The highest BCUT2D eigenvalue weighted by atomic mass is 16.4. The first kappa shape index (κ1) is 16.9. The molecule has 5 rings (SSSR count). The SMILES string of the molecule is O=C(O)c1ccc2c(c1)nc(-c1cnc3ncccc3c1)n2C1CCCCC1. The first-order valence-electron chi connectivity index (χ1n) is 9.67. The smallest absolute Gasteiger partial charge is 0.335 e. The average molecular weight is 372 g/mol. The van der Waals surface area contributed by atoms with Crippen LogP contribution in [-0.4, -0.2) is 30.6 Å². The molecule has 1 N–H and O–H groups in total. The van der Waals surface area contributed by atoms with E-state index < -0.39 is 5.97 Å². The van der Waals surface area contributed by atoms with Crippen LogP contribution in [0.4, 0.5) is 0 Å². The molecule has 140 valence electrons. The maximum absolute atomic E-state index is 11.4. The summed E-state index contributed by atoms with van der Waals surface area (Å²) < 4.78 is 2.29. The third-order valence-corrected chi connectivity index (χ3v) is 5.59. The van der Waals surface area contributed by atoms with E-state index in [9.17, 15) is 9.90 Å². The largest absolute Gasteiger partial charge is 0.478 e. The zero-order valence-corrected chi connectivity index (χ0v) is 15.4. The van der Waals surface area contributed by atoms with Gasteiger partial charge in [-0.1, -0.05) is 19.3 Å². The Morgan fingerprint density at radius 3 is 2.75 bits per heavy atom. The van der Waals surface area contributed by atoms with E-state index >= 15 is 0 Å². The number of imidazole rings is 1. The van der Waals surface area contributed by atoms with Crippen molar-refractivity contribution in [1.82, 2.24) is 19.5 Å². The van der Waals surface area contributed by atoms with E-state index in [0.29, 0.717) is 17.2 Å². The summed E-state index contributed by atoms with van der Waals surface area (Å²) in [5.41, 5.74) is 3.59. The molecule has 0 unspecified atom stereocenters. The van der Waals surface area contributed by atoms with Gasteiger partial charge in [-0.25, -0.2) is 19.7 Å². The topological polar surface area (TPSA) is 80.9 Å². The molecule has 0 amide bonds. The molecule has 6 nitrogen and oxygen atoms in total. The lowest BCUT2D eigenvalue weighted by Crippen LogP contribution is -2.14. The summed E-state index contributed by atoms with van der Waals surface area (Å²) in [6, 6.07) is 11.5. The normalized spacial score (nSPS) is 15.3. The van der Waals surface area contributed by atoms with Crippen molar-refractivity contribution < 1.29 is 9.90 Å². The van der Waals surface area contributed by atoms with Crippen LogP contribution in [0.25, 0.3) is 33.5 Å². The second kappa shape index (κ2) is 6.71. The van der Waals surface area contributed by atoms with E-state index in [1.54, 1.807) is 18.3 Å². The summed E-state index contributed by atoms with van der Waals surface area (Å²) >= 11 is 0. The van der Waals surface area contributed by atoms with Gasteiger partial charge in [-0.15, -0.1) is 0 Å². The van der Waals surface area contributed by atoms with Crippen molar-refractivity contribution in [1.29, 1.82) is 0 Å². The maximum Gasteiger partial charge on any atom is 0.335 e. The number of carboxylic acids is 1. The van der Waals surface area contributed by atoms with Crippen molar-refractivity contribution in [3.63, 3.8) is 0 Å². The van der Waals surface area contributed by atoms with E-state index in [-0.39, 0.29) is 5.56 Å². The molecule has 6 heteroatoms. The Balaban J connectivity index is 1.73. The Bertz CT molecular complexity index is 1190. The standard InChI is InChI=1S/C22H20N4O2/c27-22(28)15-8-9-19-18(12-15)25-21(26(19)17-6-2-1-3-7-17)16-11-14-5-4-10-23-20(14)24-13-16/h4-5,8-13,17H,1-3,6-7H2,(H,27,28). The number of pyridine rings is 2. The molecule has 28 heavy (non-hydrogen) atoms. The van der Waals surface area contributed by atoms with Gasteiger partial charge in [0.2, 0.25) is 0 Å². The fraction of sp³-hybridized carbons (Fsp3) is 0.273. The fourth-order valence-electron chi connectivity index (χ4n) is 4.23. The molecule has 3 heterocycles. The Labute approximate surface area is 161 Å². The molecular weight excluding hydrogens is 352 g/mol. The third-order valence-electron chi connectivity index (χ3n) is 5.59. The van der Waals surface area contributed by atoms with Crippen LogP contribution >= 0.6 is 0 Å². The lowest BCUT2D eigenvalue weighted by atomic mass is 9.95. The summed E-state index contributed by atoms with van der Waals surface area (Å²) in [7, 11) is 0. The average Bonchev–Trinajstić information content (AvgIpc) is 3.12. The van der Waals surface area contributed by atoms with Crippen molar-refractivity contribution in [2.45, 2.75) is 38.1 Å². The Kier molecular flexibility index (Phi) is 4.04. The molecule has 1 aliphatic carbocycles. The van der Waals surface area contributed by atoms with E-state index in [2.05, 4.69) is 20.6 Å². The van der Waals surface area contributed by atoms with Crippen LogP contribution in [0.5, 0.6) is 0 Å². The number of nitrogens with zero attached hydrogens (tertiary/aromatic N) is 4. The molecule has 0 saturated heterocycles. The molecule has 0 radical (unpaired) electrons. The summed E-state index contributed by atoms with van der Waals surface area (Å²) in [6.07, 6.45) is 9.45. The van der Waals surface area contributed by atoms with Gasteiger partial charge in [0.25, 0.3) is 0 Å². The highest BCUT2D eigenvalue weighted by molar-refractivity contribution is 5.93. The summed E-state index contributed by atoms with van der Waals surface area (Å²) in [4.78, 5) is 25.0. The summed E-state index contributed by atoms with van der Waals surface area (Å²) in [5, 5.41) is 10.3. The van der Waals surface area contributed by atoms with E-state index in [1.807, 2.05) is 24.4 Å². The quantitative estimate of drug-likeness (QED) is 0.556. The minimum absolute atomic E-state index is 0.258. The second-order valence-corrected chi connectivity index (χ2v) is 7.38. The first-order valence-corrected chi connectivity index (χ1v) is 9.67. The predicted octanol–water partition coefficient (Wildman–Crippen LogP) is 4.85. The fourth-order valence-corrected chi connectivity index (χ4v) is 4.23. The van der Waals surface area contributed by atoms with Gasteiger partial charge >= 0.3 is 5.97 Å². The molecule has 0 aliphatic heterocycles. The number of benzene rings is 1. The van der Waals surface area contributed by atoms with Crippen molar-refractivity contribution in [3.05, 3.63) is 54.4 Å². The van der Waals surface area contributed by atoms with Gasteiger partial charge in [-0.2, -0.15) is 0 Å². The van der Waals surface area contributed by atoms with Crippen LogP contribution in [0.15, 0.2) is 48.8 Å². The van der Waals surface area contributed by atoms with Crippen LogP contribution < -0.4 is 0 Å². The van der Waals surface area contributed by atoms with E-state index in [1.165, 1.54) is 19.3 Å². The number of hydrogen-bond acceptors (Lipinski definition) is 4. The van der Waals surface area contributed by atoms with Gasteiger partial charge in [0.15, 0.2) is 5.65 Å². The maximum atomic E-state index is 11.4. The number of fused-ring (bicyclic) bond motifs is 2. The number of carboxylic acid groups (broad SMARTS) is 1. The van der Waals surface area contributed by atoms with Gasteiger partial charge in [-0.3, -0.25) is 0 Å². The lowest BCUT2D eigenvalue weighted by Gasteiger charge is -2.25. The van der Waals surface area contributed by atoms with Gasteiger partial charge in [0.1, 0.15) is 5.82 Å². The molecule has 0 bridgehead atoms. The van der Waals surface area contributed by atoms with Gasteiger partial charge < -0.3 is 9.67 Å². The van der Waals surface area contributed by atoms with Gasteiger partial charge in [0.05, 0.1) is 16.6 Å². The van der Waals surface area contributed by atoms with Crippen molar-refractivity contribution in [3.8, 4) is 11.4 Å². The first-order chi connectivity index (χ1) is 13.7. The van der Waals surface area contributed by atoms with Gasteiger partial charge in [0, 0.05) is 29.4 Å². The van der Waals surface area contributed by atoms with Crippen LogP contribution in [0, 0.1) is 0 Å². The number of hydrogen-bond donors (Lipinski definition) is 1. The molecular formula is C22H20N4O2. The predicted molar refractivity (Wildman–Crippen MR) is 107 cm³/mol. The van der Waals surface area contributed by atoms with Crippen LogP contribution in [0.3, 0.4) is 0 Å². The number of rotatable bonds is 3. The molecule has 1 aromatic carbocycles. The molecule has 3 aromatic heterocycles. The molecule has 0 spiro atoms. The van der Waals surface area contributed by atoms with E-state index in [0.717, 1.165) is 35.1 Å². The molecule has 1 saturated carbocycles. The van der Waals surface area contributed by atoms with Crippen LogP contribution in [0.1, 0.15) is 48.5 Å². The zero-order chi connectivity index (χ0) is 19.1. The molecule has 0 atom stereocenters. The van der Waals surface area contributed by atoms with Crippen LogP contribution in [-0.2, 0) is 0 Å². The minimum atomic E-state index is -0.936. The van der Waals surface area contributed by atoms with Gasteiger partial charge in [-0.05, 0) is 49.2 Å². The number of carbonyl (C=O) groups is 1. The zero-order valence-electron chi connectivity index (χ0n) is 15.4. The Morgan fingerprint density at radius 2 is 1.93 bits per heavy atom. The minimum Gasteiger partial charge on any atom is -0.478 e. The monoisotopic (exact) mass is 372 g/mol. The Morgan fingerprint density at radius 1 is 1.07 bits per heavy atom. The molecule has 1 fully saturated rings. The highest BCUT2D eigenvalue weighted by Gasteiger charge is 2.23. The highest BCUT2D eigenvalue weighted by Crippen LogP contribution is 2.36.